The van der Waals surface area contributed by atoms with E-state index in [4.69, 9.17) is 9.47 Å². The molecule has 1 fully saturated rings. The summed E-state index contributed by atoms with van der Waals surface area (Å²) in [7, 11) is 1.57. The molecule has 0 radical (unpaired) electrons. The van der Waals surface area contributed by atoms with Gasteiger partial charge in [-0.05, 0) is 68.1 Å². The molecule has 4 rings (SSSR count). The zero-order chi connectivity index (χ0) is 24.8. The number of aryl methyl sites for hydroxylation is 2. The number of ether oxygens (including phenoxy) is 2. The number of carbonyl (C=O) groups excluding carboxylic acids is 2. The maximum Gasteiger partial charge on any atom is 0.321 e. The number of urea groups is 1. The summed E-state index contributed by atoms with van der Waals surface area (Å²) in [6.07, 6.45) is 2.76. The molecule has 0 spiro atoms. The van der Waals surface area contributed by atoms with Crippen LogP contribution in [0.15, 0.2) is 60.8 Å². The Hall–Kier alpha value is -4.07. The number of rotatable bonds is 6. The maximum absolute atomic E-state index is 12.7. The number of amides is 3. The van der Waals surface area contributed by atoms with Gasteiger partial charge in [-0.25, -0.2) is 9.78 Å². The molecule has 35 heavy (non-hydrogen) atoms. The largest absolute Gasteiger partial charge is 0.495 e. The lowest BCUT2D eigenvalue weighted by Gasteiger charge is -2.31. The number of methoxy groups -OCH3 is 1. The molecule has 0 saturated carbocycles. The number of nitrogens with one attached hydrogen (secondary N) is 2. The fourth-order valence-corrected chi connectivity index (χ4v) is 3.94. The van der Waals surface area contributed by atoms with Gasteiger partial charge in [-0.3, -0.25) is 4.79 Å². The van der Waals surface area contributed by atoms with Gasteiger partial charge in [0.15, 0.2) is 0 Å². The Labute approximate surface area is 205 Å². The van der Waals surface area contributed by atoms with Crippen LogP contribution < -0.4 is 20.1 Å². The van der Waals surface area contributed by atoms with Crippen LogP contribution in [0.1, 0.15) is 24.0 Å². The van der Waals surface area contributed by atoms with E-state index in [1.807, 2.05) is 50.2 Å². The Morgan fingerprint density at radius 1 is 0.971 bits per heavy atom. The highest BCUT2D eigenvalue weighted by Crippen LogP contribution is 2.26. The van der Waals surface area contributed by atoms with Gasteiger partial charge >= 0.3 is 6.03 Å². The molecular weight excluding hydrogens is 444 g/mol. The molecule has 0 unspecified atom stereocenters. The number of likely N-dealkylation sites (tertiary alicyclic amines) is 1. The fourth-order valence-electron chi connectivity index (χ4n) is 3.94. The smallest absolute Gasteiger partial charge is 0.321 e. The van der Waals surface area contributed by atoms with Gasteiger partial charge in [-0.15, -0.1) is 0 Å². The number of hydrogen-bond acceptors (Lipinski definition) is 5. The van der Waals surface area contributed by atoms with Crippen molar-refractivity contribution >= 4 is 23.3 Å². The molecule has 1 saturated heterocycles. The zero-order valence-corrected chi connectivity index (χ0v) is 20.2. The first-order valence-electron chi connectivity index (χ1n) is 11.6. The van der Waals surface area contributed by atoms with Crippen molar-refractivity contribution in [1.82, 2.24) is 9.88 Å². The number of para-hydroxylation sites is 2. The molecule has 2 aromatic carbocycles. The van der Waals surface area contributed by atoms with Gasteiger partial charge in [0, 0.05) is 25.1 Å². The number of piperidine rings is 1. The van der Waals surface area contributed by atoms with Crippen molar-refractivity contribution in [3.8, 4) is 17.4 Å². The average molecular weight is 475 g/mol. The summed E-state index contributed by atoms with van der Waals surface area (Å²) in [6, 6.07) is 16.5. The second-order valence-corrected chi connectivity index (χ2v) is 8.61. The average Bonchev–Trinajstić information content (AvgIpc) is 2.88. The number of pyridine rings is 1. The fraction of sp³-hybridized carbons (Fsp3) is 0.296. The minimum absolute atomic E-state index is 0.0573. The van der Waals surface area contributed by atoms with Crippen molar-refractivity contribution in [1.29, 1.82) is 0 Å². The Kier molecular flexibility index (Phi) is 7.50. The SMILES string of the molecule is COc1ccccc1NC(=O)C1CCN(C(=O)Nc2ccc(Oc3ccc(C)c(C)c3)nc2)CC1. The summed E-state index contributed by atoms with van der Waals surface area (Å²) in [5, 5.41) is 5.81. The van der Waals surface area contributed by atoms with E-state index in [9.17, 15) is 9.59 Å². The molecule has 2 heterocycles. The number of hydrogen-bond donors (Lipinski definition) is 2. The number of benzene rings is 2. The van der Waals surface area contributed by atoms with Crippen LogP contribution in [0, 0.1) is 19.8 Å². The molecule has 2 N–H and O–H groups in total. The standard InChI is InChI=1S/C27H30N4O4/c1-18-8-10-22(16-19(18)2)35-25-11-9-21(17-28-25)29-27(33)31-14-12-20(13-15-31)26(32)30-23-6-4-5-7-24(23)34-3/h4-11,16-17,20H,12-15H2,1-3H3,(H,29,33)(H,30,32). The van der Waals surface area contributed by atoms with Crippen LogP contribution in [-0.2, 0) is 4.79 Å². The highest BCUT2D eigenvalue weighted by molar-refractivity contribution is 5.94. The predicted molar refractivity (Wildman–Crippen MR) is 135 cm³/mol. The van der Waals surface area contributed by atoms with Gasteiger partial charge < -0.3 is 25.0 Å². The minimum atomic E-state index is -0.210. The van der Waals surface area contributed by atoms with E-state index in [1.54, 1.807) is 36.4 Å². The van der Waals surface area contributed by atoms with Gasteiger partial charge in [0.05, 0.1) is 24.7 Å². The van der Waals surface area contributed by atoms with Gasteiger partial charge in [0.1, 0.15) is 11.5 Å². The topological polar surface area (TPSA) is 92.8 Å². The van der Waals surface area contributed by atoms with Crippen molar-refractivity contribution in [3.05, 3.63) is 71.9 Å². The van der Waals surface area contributed by atoms with E-state index in [-0.39, 0.29) is 17.9 Å². The summed E-state index contributed by atoms with van der Waals surface area (Å²) in [6.45, 7) is 5.08. The van der Waals surface area contributed by atoms with Gasteiger partial charge in [0.25, 0.3) is 0 Å². The molecular formula is C27H30N4O4. The van der Waals surface area contributed by atoms with E-state index in [0.29, 0.717) is 48.9 Å². The summed E-state index contributed by atoms with van der Waals surface area (Å²) >= 11 is 0. The first-order valence-corrected chi connectivity index (χ1v) is 11.6. The second kappa shape index (κ2) is 10.9. The normalized spacial score (nSPS) is 13.7. The van der Waals surface area contributed by atoms with E-state index in [2.05, 4.69) is 15.6 Å². The Morgan fingerprint density at radius 3 is 2.43 bits per heavy atom. The molecule has 0 aliphatic carbocycles. The van der Waals surface area contributed by atoms with Gasteiger partial charge in [0.2, 0.25) is 11.8 Å². The van der Waals surface area contributed by atoms with E-state index in [0.717, 1.165) is 11.3 Å². The van der Waals surface area contributed by atoms with Crippen LogP contribution in [0.4, 0.5) is 16.2 Å². The van der Waals surface area contributed by atoms with Crippen molar-refractivity contribution in [2.75, 3.05) is 30.8 Å². The highest BCUT2D eigenvalue weighted by Gasteiger charge is 2.28. The van der Waals surface area contributed by atoms with Gasteiger partial charge in [-0.1, -0.05) is 18.2 Å². The number of nitrogens with zero attached hydrogens (tertiary/aromatic N) is 2. The molecule has 3 amide bonds. The molecule has 0 bridgehead atoms. The van der Waals surface area contributed by atoms with Crippen molar-refractivity contribution < 1.29 is 19.1 Å². The van der Waals surface area contributed by atoms with Crippen LogP contribution in [0.3, 0.4) is 0 Å². The summed E-state index contributed by atoms with van der Waals surface area (Å²) in [5.41, 5.74) is 3.58. The lowest BCUT2D eigenvalue weighted by molar-refractivity contribution is -0.121. The number of aromatic nitrogens is 1. The molecule has 1 aromatic heterocycles. The molecule has 8 nitrogen and oxygen atoms in total. The number of carbonyl (C=O) groups is 2. The third-order valence-corrected chi connectivity index (χ3v) is 6.21. The quantitative estimate of drug-likeness (QED) is 0.500. The van der Waals surface area contributed by atoms with Crippen LogP contribution >= 0.6 is 0 Å². The van der Waals surface area contributed by atoms with E-state index >= 15 is 0 Å². The molecule has 3 aromatic rings. The first kappa shape index (κ1) is 24.1. The van der Waals surface area contributed by atoms with Crippen molar-refractivity contribution in [2.24, 2.45) is 5.92 Å². The molecule has 182 valence electrons. The van der Waals surface area contributed by atoms with E-state index in [1.165, 1.54) is 5.56 Å². The lowest BCUT2D eigenvalue weighted by atomic mass is 9.96. The molecule has 0 atom stereocenters. The van der Waals surface area contributed by atoms with Crippen molar-refractivity contribution in [3.63, 3.8) is 0 Å². The molecule has 8 heteroatoms. The zero-order valence-electron chi connectivity index (χ0n) is 20.2. The second-order valence-electron chi connectivity index (χ2n) is 8.61. The third-order valence-electron chi connectivity index (χ3n) is 6.21. The van der Waals surface area contributed by atoms with E-state index < -0.39 is 0 Å². The lowest BCUT2D eigenvalue weighted by Crippen LogP contribution is -2.43. The Bertz CT molecular complexity index is 1190. The monoisotopic (exact) mass is 474 g/mol. The van der Waals surface area contributed by atoms with Crippen molar-refractivity contribution in [2.45, 2.75) is 26.7 Å². The summed E-state index contributed by atoms with van der Waals surface area (Å²) < 4.78 is 11.1. The van der Waals surface area contributed by atoms with Gasteiger partial charge in [-0.2, -0.15) is 0 Å². The maximum atomic E-state index is 12.7. The Balaban J connectivity index is 1.26. The number of anilines is 2. The van der Waals surface area contributed by atoms with Crippen LogP contribution in [0.25, 0.3) is 0 Å². The summed E-state index contributed by atoms with van der Waals surface area (Å²) in [5.74, 6) is 1.57. The highest BCUT2D eigenvalue weighted by atomic mass is 16.5. The van der Waals surface area contributed by atoms with Crippen LogP contribution in [0.5, 0.6) is 17.4 Å². The predicted octanol–water partition coefficient (Wildman–Crippen LogP) is 5.38. The van der Waals surface area contributed by atoms with Crippen LogP contribution in [0.2, 0.25) is 0 Å². The third kappa shape index (κ3) is 6.09. The Morgan fingerprint density at radius 2 is 1.74 bits per heavy atom. The molecule has 1 aliphatic rings. The summed E-state index contributed by atoms with van der Waals surface area (Å²) in [4.78, 5) is 31.4. The molecule has 1 aliphatic heterocycles. The minimum Gasteiger partial charge on any atom is -0.495 e. The first-order chi connectivity index (χ1) is 16.9. The van der Waals surface area contributed by atoms with Crippen LogP contribution in [-0.4, -0.2) is 42.0 Å².